The molecule has 0 N–H and O–H groups in total. The highest BCUT2D eigenvalue weighted by atomic mass is 16.6. The van der Waals surface area contributed by atoms with E-state index < -0.39 is 6.10 Å². The van der Waals surface area contributed by atoms with Crippen molar-refractivity contribution in [1.29, 1.82) is 0 Å². The summed E-state index contributed by atoms with van der Waals surface area (Å²) < 4.78 is 16.6. The van der Waals surface area contributed by atoms with Crippen LogP contribution in [0.1, 0.15) is 220 Å². The van der Waals surface area contributed by atoms with E-state index >= 15 is 0 Å². The fourth-order valence-corrected chi connectivity index (χ4v) is 6.04. The summed E-state index contributed by atoms with van der Waals surface area (Å²) in [5.41, 5.74) is 0. The maximum atomic E-state index is 12.7. The molecule has 0 aliphatic heterocycles. The summed E-state index contributed by atoms with van der Waals surface area (Å²) in [4.78, 5) is 37.6. The van der Waals surface area contributed by atoms with Crippen molar-refractivity contribution in [3.8, 4) is 0 Å². The fraction of sp³-hybridized carbons (Fsp3) is 0.771. The van der Waals surface area contributed by atoms with Crippen molar-refractivity contribution in [2.75, 3.05) is 13.2 Å². The Labute approximate surface area is 333 Å². The van der Waals surface area contributed by atoms with Gasteiger partial charge in [-0.05, 0) is 89.9 Å². The maximum Gasteiger partial charge on any atom is 0.306 e. The third-order valence-electron chi connectivity index (χ3n) is 9.53. The number of ether oxygens (including phenoxy) is 3. The number of esters is 3. The van der Waals surface area contributed by atoms with Crippen LogP contribution in [-0.2, 0) is 28.6 Å². The van der Waals surface area contributed by atoms with Gasteiger partial charge in [0, 0.05) is 19.3 Å². The Hall–Kier alpha value is -2.63. The Morgan fingerprint density at radius 3 is 1.20 bits per heavy atom. The van der Waals surface area contributed by atoms with Crippen LogP contribution in [0.4, 0.5) is 0 Å². The molecule has 6 heteroatoms. The van der Waals surface area contributed by atoms with Crippen LogP contribution in [0.3, 0.4) is 0 Å². The zero-order valence-corrected chi connectivity index (χ0v) is 35.5. The number of hydrogen-bond acceptors (Lipinski definition) is 6. The molecule has 0 aliphatic carbocycles. The largest absolute Gasteiger partial charge is 0.462 e. The van der Waals surface area contributed by atoms with Crippen molar-refractivity contribution >= 4 is 17.9 Å². The van der Waals surface area contributed by atoms with Gasteiger partial charge in [0.05, 0.1) is 0 Å². The van der Waals surface area contributed by atoms with Crippen molar-refractivity contribution in [1.82, 2.24) is 0 Å². The van der Waals surface area contributed by atoms with Crippen LogP contribution in [-0.4, -0.2) is 37.2 Å². The summed E-state index contributed by atoms with van der Waals surface area (Å²) in [5.74, 6) is -0.952. The molecule has 0 aromatic rings. The van der Waals surface area contributed by atoms with E-state index in [1.54, 1.807) is 0 Å². The number of carbonyl (C=O) groups is 3. The summed E-state index contributed by atoms with van der Waals surface area (Å²) >= 11 is 0. The summed E-state index contributed by atoms with van der Waals surface area (Å²) in [6.07, 6.45) is 49.6. The highest BCUT2D eigenvalue weighted by Crippen LogP contribution is 2.13. The van der Waals surface area contributed by atoms with E-state index in [-0.39, 0.29) is 31.1 Å². The monoisotopic (exact) mass is 757 g/mol. The second-order valence-corrected chi connectivity index (χ2v) is 14.9. The lowest BCUT2D eigenvalue weighted by Gasteiger charge is -2.18. The van der Waals surface area contributed by atoms with Crippen molar-refractivity contribution in [2.24, 2.45) is 0 Å². The van der Waals surface area contributed by atoms with E-state index in [9.17, 15) is 14.4 Å². The van der Waals surface area contributed by atoms with E-state index in [0.29, 0.717) is 25.7 Å². The molecule has 6 nitrogen and oxygen atoms in total. The maximum absolute atomic E-state index is 12.7. The first-order valence-corrected chi connectivity index (χ1v) is 22.6. The van der Waals surface area contributed by atoms with Gasteiger partial charge in [-0.2, -0.15) is 0 Å². The Balaban J connectivity index is 4.35. The second kappa shape index (κ2) is 43.1. The molecule has 312 valence electrons. The van der Waals surface area contributed by atoms with E-state index in [2.05, 4.69) is 69.4 Å². The average Bonchev–Trinajstić information content (AvgIpc) is 3.17. The molecule has 1 unspecified atom stereocenters. The zero-order valence-electron chi connectivity index (χ0n) is 35.5. The van der Waals surface area contributed by atoms with E-state index in [4.69, 9.17) is 14.2 Å². The zero-order chi connectivity index (χ0) is 39.4. The molecule has 0 aromatic carbocycles. The van der Waals surface area contributed by atoms with E-state index in [1.807, 2.05) is 0 Å². The third-order valence-corrected chi connectivity index (χ3v) is 9.53. The smallest absolute Gasteiger partial charge is 0.306 e. The number of rotatable bonds is 40. The number of carbonyl (C=O) groups excluding carboxylic acids is 3. The van der Waals surface area contributed by atoms with Crippen LogP contribution in [0.5, 0.6) is 0 Å². The predicted octanol–water partition coefficient (Wildman–Crippen LogP) is 14.4. The van der Waals surface area contributed by atoms with E-state index in [1.165, 1.54) is 89.9 Å². The first-order chi connectivity index (χ1) is 26.5. The summed E-state index contributed by atoms with van der Waals surface area (Å²) in [6, 6.07) is 0. The molecular weight excluding hydrogens is 673 g/mol. The molecule has 0 saturated heterocycles. The molecule has 0 bridgehead atoms. The van der Waals surface area contributed by atoms with Crippen LogP contribution in [0.25, 0.3) is 0 Å². The Kier molecular flexibility index (Phi) is 41.0. The molecule has 0 fully saturated rings. The molecule has 0 radical (unpaired) electrons. The van der Waals surface area contributed by atoms with Crippen LogP contribution >= 0.6 is 0 Å². The van der Waals surface area contributed by atoms with Gasteiger partial charge in [-0.15, -0.1) is 0 Å². The minimum atomic E-state index is -0.788. The van der Waals surface area contributed by atoms with Crippen molar-refractivity contribution in [3.63, 3.8) is 0 Å². The predicted molar refractivity (Wildman–Crippen MR) is 229 cm³/mol. The van der Waals surface area contributed by atoms with Gasteiger partial charge in [-0.1, -0.05) is 159 Å². The normalized spacial score (nSPS) is 12.4. The van der Waals surface area contributed by atoms with Gasteiger partial charge in [0.1, 0.15) is 13.2 Å². The minimum absolute atomic E-state index is 0.0906. The average molecular weight is 757 g/mol. The molecule has 0 aliphatic rings. The summed E-state index contributed by atoms with van der Waals surface area (Å²) in [5, 5.41) is 0. The quantitative estimate of drug-likeness (QED) is 0.0268. The van der Waals surface area contributed by atoms with E-state index in [0.717, 1.165) is 83.5 Å². The molecule has 54 heavy (non-hydrogen) atoms. The molecule has 0 aromatic heterocycles. The molecular formula is C48H84O6. The SMILES string of the molecule is CCCC/C=C\CCCCCCC(=O)OC(COC(=O)CCC/C=C\CCCCCC)COC(=O)CCCCCCCCC/C=C\C/C=C\CCCCC. The highest BCUT2D eigenvalue weighted by Gasteiger charge is 2.19. The third kappa shape index (κ3) is 40.6. The van der Waals surface area contributed by atoms with Gasteiger partial charge >= 0.3 is 17.9 Å². The Bertz CT molecular complexity index is 964. The van der Waals surface area contributed by atoms with Gasteiger partial charge in [0.2, 0.25) is 0 Å². The Morgan fingerprint density at radius 1 is 0.370 bits per heavy atom. The molecule has 0 saturated carbocycles. The van der Waals surface area contributed by atoms with Crippen molar-refractivity contribution in [3.05, 3.63) is 48.6 Å². The van der Waals surface area contributed by atoms with Crippen molar-refractivity contribution in [2.45, 2.75) is 226 Å². The number of hydrogen-bond donors (Lipinski definition) is 0. The van der Waals surface area contributed by atoms with Crippen LogP contribution in [0.2, 0.25) is 0 Å². The lowest BCUT2D eigenvalue weighted by Crippen LogP contribution is -2.30. The van der Waals surface area contributed by atoms with Gasteiger partial charge in [-0.3, -0.25) is 14.4 Å². The highest BCUT2D eigenvalue weighted by molar-refractivity contribution is 5.71. The van der Waals surface area contributed by atoms with Gasteiger partial charge < -0.3 is 14.2 Å². The first-order valence-electron chi connectivity index (χ1n) is 22.6. The molecule has 0 heterocycles. The van der Waals surface area contributed by atoms with Crippen LogP contribution in [0.15, 0.2) is 48.6 Å². The fourth-order valence-electron chi connectivity index (χ4n) is 6.04. The number of unbranched alkanes of at least 4 members (excludes halogenated alkanes) is 21. The lowest BCUT2D eigenvalue weighted by molar-refractivity contribution is -0.167. The molecule has 1 atom stereocenters. The van der Waals surface area contributed by atoms with Crippen molar-refractivity contribution < 1.29 is 28.6 Å². The molecule has 0 spiro atoms. The van der Waals surface area contributed by atoms with Crippen LogP contribution < -0.4 is 0 Å². The summed E-state index contributed by atoms with van der Waals surface area (Å²) in [7, 11) is 0. The topological polar surface area (TPSA) is 78.9 Å². The molecule has 0 amide bonds. The summed E-state index contributed by atoms with van der Waals surface area (Å²) in [6.45, 7) is 6.48. The first kappa shape index (κ1) is 51.4. The second-order valence-electron chi connectivity index (χ2n) is 14.9. The van der Waals surface area contributed by atoms with Gasteiger partial charge in [-0.25, -0.2) is 0 Å². The number of allylic oxidation sites excluding steroid dienone is 8. The minimum Gasteiger partial charge on any atom is -0.462 e. The lowest BCUT2D eigenvalue weighted by atomic mass is 10.1. The van der Waals surface area contributed by atoms with Gasteiger partial charge in [0.25, 0.3) is 0 Å². The van der Waals surface area contributed by atoms with Gasteiger partial charge in [0.15, 0.2) is 6.10 Å². The molecule has 0 rings (SSSR count). The van der Waals surface area contributed by atoms with Crippen LogP contribution in [0, 0.1) is 0 Å². The standard InChI is InChI=1S/C48H84O6/c1-4-7-10-13-16-19-21-22-23-24-25-26-27-30-32-35-38-41-47(50)53-44-45(43-52-46(49)40-37-34-31-28-18-15-12-9-6-3)54-48(51)42-39-36-33-29-20-17-14-11-8-5-2/h14,16-17,19,22-23,28,31,45H,4-13,15,18,20-21,24-27,29-30,32-44H2,1-3H3/b17-14-,19-16-,23-22-,31-28-. The Morgan fingerprint density at radius 2 is 0.704 bits per heavy atom.